The smallest absolute Gasteiger partial charge is 0.358 e. The summed E-state index contributed by atoms with van der Waals surface area (Å²) in [5.74, 6) is 0. The summed E-state index contributed by atoms with van der Waals surface area (Å²) in [6.45, 7) is 2.16. The molecule has 0 nitrogen and oxygen atoms in total. The van der Waals surface area contributed by atoms with Crippen molar-refractivity contribution in [2.24, 2.45) is 0 Å². The van der Waals surface area contributed by atoms with Gasteiger partial charge in [0.25, 0.3) is 0 Å². The van der Waals surface area contributed by atoms with Crippen LogP contribution in [0.4, 0.5) is 0 Å². The van der Waals surface area contributed by atoms with E-state index in [2.05, 4.69) is 31.2 Å². The molecule has 0 heterocycles. The van der Waals surface area contributed by atoms with E-state index in [1.807, 2.05) is 0 Å². The van der Waals surface area contributed by atoms with Gasteiger partial charge < -0.3 is 22.3 Å². The Balaban J connectivity index is -0.0000000612. The number of hydrogen-bond donors (Lipinski definition) is 0. The molecule has 0 aliphatic rings. The second-order valence-electron chi connectivity index (χ2n) is 1.65. The van der Waals surface area contributed by atoms with E-state index >= 15 is 0 Å². The summed E-state index contributed by atoms with van der Waals surface area (Å²) in [6, 6.07) is 8.41. The van der Waals surface area contributed by atoms with Crippen LogP contribution in [0.2, 0.25) is 0 Å². The molecule has 0 aliphatic heterocycles. The second kappa shape index (κ2) is 12.7. The third kappa shape index (κ3) is 7.94. The van der Waals surface area contributed by atoms with Crippen LogP contribution >= 0.6 is 0 Å². The van der Waals surface area contributed by atoms with E-state index in [0.717, 1.165) is 6.42 Å². The Bertz CT molecular complexity index is 119. The average Bonchev–Trinajstić information content (AvgIpc) is 2.14. The fraction of sp³-hybridized carbons (Fsp3) is 0.200. The molecule has 0 amide bonds. The van der Waals surface area contributed by atoms with Crippen LogP contribution in [0.3, 0.4) is 0 Å². The molecule has 0 saturated heterocycles. The van der Waals surface area contributed by atoms with Gasteiger partial charge >= 0.3 is 21.1 Å². The number of aryl methyl sites for hydroxylation is 1. The molecule has 0 saturated carbocycles. The van der Waals surface area contributed by atoms with Gasteiger partial charge in [0.2, 0.25) is 0 Å². The van der Waals surface area contributed by atoms with Crippen molar-refractivity contribution < 1.29 is 21.1 Å². The first kappa shape index (κ1) is 22.5. The summed E-state index contributed by atoms with van der Waals surface area (Å²) in [7, 11) is 0. The van der Waals surface area contributed by atoms with Gasteiger partial charge in [-0.05, 0) is 0 Å². The Labute approximate surface area is 86.7 Å². The van der Waals surface area contributed by atoms with E-state index in [1.54, 1.807) is 0 Å². The monoisotopic (exact) mass is 333 g/mol. The van der Waals surface area contributed by atoms with Gasteiger partial charge in [-0.25, -0.2) is 12.1 Å². The summed E-state index contributed by atoms with van der Waals surface area (Å²) < 4.78 is 0. The van der Waals surface area contributed by atoms with Crippen LogP contribution in [0.15, 0.2) is 24.3 Å². The Morgan fingerprint density at radius 1 is 1.00 bits per heavy atom. The van der Waals surface area contributed by atoms with Crippen LogP contribution in [-0.4, -0.2) is 0 Å². The molecule has 0 atom stereocenters. The van der Waals surface area contributed by atoms with Crippen LogP contribution < -0.4 is 0 Å². The fourth-order valence-corrected chi connectivity index (χ4v) is 0.650. The molecular weight excluding hydrogens is 315 g/mol. The molecule has 0 radical (unpaired) electrons. The zero-order valence-electron chi connectivity index (χ0n) is 7.83. The topological polar surface area (TPSA) is 0 Å². The molecule has 0 spiro atoms. The van der Waals surface area contributed by atoms with E-state index in [0.29, 0.717) is 0 Å². The number of hydrogen-bond acceptors (Lipinski definition) is 0. The predicted octanol–water partition coefficient (Wildman–Crippen LogP) is 3.32. The van der Waals surface area contributed by atoms with Crippen LogP contribution in [0.1, 0.15) is 12.5 Å². The first-order chi connectivity index (χ1) is 3.43. The van der Waals surface area contributed by atoms with Crippen molar-refractivity contribution in [1.82, 2.24) is 0 Å². The molecule has 1 rings (SSSR count). The van der Waals surface area contributed by atoms with Gasteiger partial charge in [-0.15, -0.1) is 0 Å². The summed E-state index contributed by atoms with van der Waals surface area (Å²) in [4.78, 5) is 0. The molecule has 0 unspecified atom stereocenters. The van der Waals surface area contributed by atoms with Gasteiger partial charge in [0.15, 0.2) is 0 Å². The molecule has 1 aromatic rings. The van der Waals surface area contributed by atoms with Crippen molar-refractivity contribution in [1.29, 1.82) is 0 Å². The van der Waals surface area contributed by atoms with E-state index < -0.39 is 0 Å². The SMILES string of the molecule is CC[c-]1cccc1.[CH3-].[CH3-].[CH3-].[Pt+4]. The van der Waals surface area contributed by atoms with E-state index in [1.165, 1.54) is 5.56 Å². The largest absolute Gasteiger partial charge is 4.00 e. The van der Waals surface area contributed by atoms with Gasteiger partial charge in [0.05, 0.1) is 0 Å². The third-order valence-corrected chi connectivity index (χ3v) is 1.14. The third-order valence-electron chi connectivity index (χ3n) is 1.14. The van der Waals surface area contributed by atoms with Crippen molar-refractivity contribution in [2.75, 3.05) is 0 Å². The molecule has 1 aromatic carbocycles. The quantitative estimate of drug-likeness (QED) is 0.692. The van der Waals surface area contributed by atoms with Crippen molar-refractivity contribution in [3.63, 3.8) is 0 Å². The second-order valence-corrected chi connectivity index (χ2v) is 1.65. The molecule has 0 fully saturated rings. The van der Waals surface area contributed by atoms with Gasteiger partial charge in [-0.1, -0.05) is 13.3 Å². The first-order valence-corrected chi connectivity index (χ1v) is 2.64. The van der Waals surface area contributed by atoms with Crippen LogP contribution in [0, 0.1) is 22.3 Å². The Hall–Kier alpha value is 0.0383. The molecule has 1 heteroatoms. The zero-order chi connectivity index (χ0) is 5.11. The molecule has 68 valence electrons. The van der Waals surface area contributed by atoms with Gasteiger partial charge in [0.1, 0.15) is 0 Å². The van der Waals surface area contributed by atoms with Crippen LogP contribution in [-0.2, 0) is 27.5 Å². The Kier molecular flexibility index (Phi) is 25.9. The van der Waals surface area contributed by atoms with Crippen molar-refractivity contribution in [2.45, 2.75) is 13.3 Å². The van der Waals surface area contributed by atoms with Crippen molar-refractivity contribution in [3.8, 4) is 0 Å². The molecule has 0 aromatic heterocycles. The predicted molar refractivity (Wildman–Crippen MR) is 50.7 cm³/mol. The Morgan fingerprint density at radius 3 is 1.55 bits per heavy atom. The summed E-state index contributed by atoms with van der Waals surface area (Å²) >= 11 is 0. The first-order valence-electron chi connectivity index (χ1n) is 2.64. The van der Waals surface area contributed by atoms with E-state index in [9.17, 15) is 0 Å². The van der Waals surface area contributed by atoms with Crippen LogP contribution in [0.25, 0.3) is 0 Å². The average molecular weight is 333 g/mol. The summed E-state index contributed by atoms with van der Waals surface area (Å²) in [6.07, 6.45) is 1.16. The molecule has 0 bridgehead atoms. The molecule has 0 N–H and O–H groups in total. The normalized spacial score (nSPS) is 5.91. The van der Waals surface area contributed by atoms with Gasteiger partial charge in [0, 0.05) is 0 Å². The van der Waals surface area contributed by atoms with Crippen molar-refractivity contribution >= 4 is 0 Å². The molecule has 0 aliphatic carbocycles. The zero-order valence-corrected chi connectivity index (χ0v) is 10.1. The number of rotatable bonds is 1. The van der Waals surface area contributed by atoms with E-state index in [4.69, 9.17) is 0 Å². The fourth-order valence-electron chi connectivity index (χ4n) is 0.650. The van der Waals surface area contributed by atoms with E-state index in [-0.39, 0.29) is 43.3 Å². The standard InChI is InChI=1S/C7H9.3CH3.Pt/c1-2-7-5-3-4-6-7;;;;/h3-6H,2H2,1H3;3*1H3;/q4*-1;+4. The molecule has 11 heavy (non-hydrogen) atoms. The maximum Gasteiger partial charge on any atom is 4.00 e. The minimum atomic E-state index is 0. The van der Waals surface area contributed by atoms with Crippen LogP contribution in [0.5, 0.6) is 0 Å². The maximum absolute atomic E-state index is 2.16. The molecular formula is C10H18Pt. The van der Waals surface area contributed by atoms with Gasteiger partial charge in [-0.3, -0.25) is 0 Å². The minimum absolute atomic E-state index is 0. The van der Waals surface area contributed by atoms with Gasteiger partial charge in [-0.2, -0.15) is 17.7 Å². The maximum atomic E-state index is 2.16. The minimum Gasteiger partial charge on any atom is -0.358 e. The summed E-state index contributed by atoms with van der Waals surface area (Å²) in [5, 5.41) is 0. The van der Waals surface area contributed by atoms with Crippen molar-refractivity contribution in [3.05, 3.63) is 52.1 Å². The Morgan fingerprint density at radius 2 is 1.36 bits per heavy atom. The summed E-state index contributed by atoms with van der Waals surface area (Å²) in [5.41, 5.74) is 1.43.